The zero-order valence-corrected chi connectivity index (χ0v) is 19.3. The van der Waals surface area contributed by atoms with Crippen LogP contribution in [0.4, 0.5) is 5.82 Å². The number of rotatable bonds is 4. The van der Waals surface area contributed by atoms with Crippen LogP contribution in [0.1, 0.15) is 63.9 Å². The molecule has 1 aromatic carbocycles. The Balaban J connectivity index is 1.49. The molecule has 1 fully saturated rings. The van der Waals surface area contributed by atoms with E-state index in [1.165, 1.54) is 5.56 Å². The Morgan fingerprint density at radius 3 is 2.64 bits per heavy atom. The topological polar surface area (TPSA) is 84.2 Å². The zero-order valence-electron chi connectivity index (χ0n) is 19.3. The van der Waals surface area contributed by atoms with Crippen molar-refractivity contribution in [1.82, 2.24) is 24.6 Å². The Morgan fingerprint density at radius 2 is 1.91 bits per heavy atom. The summed E-state index contributed by atoms with van der Waals surface area (Å²) >= 11 is 0. The van der Waals surface area contributed by atoms with Gasteiger partial charge in [0, 0.05) is 37.5 Å². The number of anilines is 1. The molecular formula is C25H28N6O2. The summed E-state index contributed by atoms with van der Waals surface area (Å²) < 4.78 is 1.63. The molecule has 8 heteroatoms. The predicted molar refractivity (Wildman–Crippen MR) is 124 cm³/mol. The number of aryl methyl sites for hydroxylation is 3. The molecule has 2 aliphatic rings. The number of hydrogen-bond acceptors (Lipinski definition) is 5. The maximum absolute atomic E-state index is 13.2. The van der Waals surface area contributed by atoms with Gasteiger partial charge in [-0.15, -0.1) is 0 Å². The number of amides is 2. The average Bonchev–Trinajstić information content (AvgIpc) is 3.46. The lowest BCUT2D eigenvalue weighted by atomic mass is 10.0. The molecule has 2 aliphatic heterocycles. The van der Waals surface area contributed by atoms with Crippen molar-refractivity contribution >= 4 is 17.6 Å². The Kier molecular flexibility index (Phi) is 5.44. The number of likely N-dealkylation sites (tertiary alicyclic amines) is 1. The summed E-state index contributed by atoms with van der Waals surface area (Å²) in [5.41, 5.74) is 4.72. The molecule has 0 unspecified atom stereocenters. The molecule has 3 aromatic rings. The van der Waals surface area contributed by atoms with Gasteiger partial charge in [-0.1, -0.05) is 29.8 Å². The lowest BCUT2D eigenvalue weighted by Crippen LogP contribution is -2.37. The van der Waals surface area contributed by atoms with Gasteiger partial charge < -0.3 is 4.90 Å². The normalized spacial score (nSPS) is 18.0. The first-order valence-corrected chi connectivity index (χ1v) is 11.4. The Bertz CT molecular complexity index is 1220. The smallest absolute Gasteiger partial charge is 0.257 e. The summed E-state index contributed by atoms with van der Waals surface area (Å²) in [6.07, 6.45) is 6.13. The first-order chi connectivity index (χ1) is 15.9. The summed E-state index contributed by atoms with van der Waals surface area (Å²) in [5.74, 6) is 1.32. The molecule has 1 saturated heterocycles. The molecular weight excluding hydrogens is 416 g/mol. The van der Waals surface area contributed by atoms with E-state index in [1.807, 2.05) is 18.7 Å². The van der Waals surface area contributed by atoms with Gasteiger partial charge in [0.2, 0.25) is 5.91 Å². The zero-order chi connectivity index (χ0) is 23.1. The van der Waals surface area contributed by atoms with Crippen molar-refractivity contribution in [3.8, 4) is 0 Å². The van der Waals surface area contributed by atoms with Crippen LogP contribution in [0.3, 0.4) is 0 Å². The van der Waals surface area contributed by atoms with Crippen LogP contribution < -0.4 is 4.90 Å². The molecule has 0 radical (unpaired) electrons. The van der Waals surface area contributed by atoms with Crippen LogP contribution in [0.5, 0.6) is 0 Å². The van der Waals surface area contributed by atoms with Crippen LogP contribution in [-0.4, -0.2) is 43.0 Å². The number of nitrogens with zero attached hydrogens (tertiary/aromatic N) is 6. The first-order valence-electron chi connectivity index (χ1n) is 11.4. The standard InChI is InChI=1S/C25H28N6O2/c1-16-6-8-18(9-7-16)14-31-22(32)11-10-20-17(2)27-23(28-24(20)31)21-5-4-12-30(21)25(33)19-13-26-29(3)15-19/h6-9,13,15,21H,4-5,10-12,14H2,1-3H3/t21-/m1/s1. The van der Waals surface area contributed by atoms with Crippen LogP contribution in [0.15, 0.2) is 36.7 Å². The second-order valence-corrected chi connectivity index (χ2v) is 8.99. The quantitative estimate of drug-likeness (QED) is 0.617. The van der Waals surface area contributed by atoms with Crippen molar-refractivity contribution in [3.05, 3.63) is 70.4 Å². The number of fused-ring (bicyclic) bond motifs is 1. The lowest BCUT2D eigenvalue weighted by Gasteiger charge is -2.31. The van der Waals surface area contributed by atoms with Crippen LogP contribution in [0.2, 0.25) is 0 Å². The van der Waals surface area contributed by atoms with Gasteiger partial charge in [-0.2, -0.15) is 5.10 Å². The van der Waals surface area contributed by atoms with Crippen molar-refractivity contribution in [2.75, 3.05) is 11.4 Å². The van der Waals surface area contributed by atoms with Crippen molar-refractivity contribution in [1.29, 1.82) is 0 Å². The molecule has 8 nitrogen and oxygen atoms in total. The highest BCUT2D eigenvalue weighted by Crippen LogP contribution is 2.35. The van der Waals surface area contributed by atoms with Crippen molar-refractivity contribution in [2.24, 2.45) is 7.05 Å². The molecule has 0 spiro atoms. The summed E-state index contributed by atoms with van der Waals surface area (Å²) in [5, 5.41) is 4.14. The van der Waals surface area contributed by atoms with E-state index in [2.05, 4.69) is 29.4 Å². The van der Waals surface area contributed by atoms with Crippen LogP contribution in [0.25, 0.3) is 0 Å². The molecule has 0 aliphatic carbocycles. The van der Waals surface area contributed by atoms with Crippen LogP contribution in [0, 0.1) is 13.8 Å². The molecule has 5 rings (SSSR count). The molecule has 33 heavy (non-hydrogen) atoms. The Labute approximate surface area is 193 Å². The van der Waals surface area contributed by atoms with Gasteiger partial charge in [0.15, 0.2) is 5.82 Å². The molecule has 4 heterocycles. The number of carbonyl (C=O) groups is 2. The third kappa shape index (κ3) is 4.01. The third-order valence-electron chi connectivity index (χ3n) is 6.58. The molecule has 2 aromatic heterocycles. The van der Waals surface area contributed by atoms with Crippen LogP contribution in [-0.2, 0) is 24.8 Å². The second kappa shape index (κ2) is 8.42. The lowest BCUT2D eigenvalue weighted by molar-refractivity contribution is -0.119. The van der Waals surface area contributed by atoms with E-state index >= 15 is 0 Å². The minimum atomic E-state index is -0.208. The first kappa shape index (κ1) is 21.3. The van der Waals surface area contributed by atoms with Crippen molar-refractivity contribution < 1.29 is 9.59 Å². The highest BCUT2D eigenvalue weighted by atomic mass is 16.2. The monoisotopic (exact) mass is 444 g/mol. The molecule has 170 valence electrons. The number of carbonyl (C=O) groups excluding carboxylic acids is 2. The van der Waals surface area contributed by atoms with Crippen molar-refractivity contribution in [3.63, 3.8) is 0 Å². The second-order valence-electron chi connectivity index (χ2n) is 8.99. The summed E-state index contributed by atoms with van der Waals surface area (Å²) in [4.78, 5) is 39.4. The van der Waals surface area contributed by atoms with Gasteiger partial charge in [0.05, 0.1) is 24.3 Å². The fourth-order valence-corrected chi connectivity index (χ4v) is 4.77. The summed E-state index contributed by atoms with van der Waals surface area (Å²) in [6, 6.07) is 8.01. The van der Waals surface area contributed by atoms with Gasteiger partial charge in [-0.3, -0.25) is 19.2 Å². The summed E-state index contributed by atoms with van der Waals surface area (Å²) in [7, 11) is 1.80. The van der Waals surface area contributed by atoms with E-state index in [4.69, 9.17) is 9.97 Å². The highest BCUT2D eigenvalue weighted by molar-refractivity contribution is 5.95. The number of aromatic nitrogens is 4. The fraction of sp³-hybridized carbons (Fsp3) is 0.400. The fourth-order valence-electron chi connectivity index (χ4n) is 4.77. The number of benzene rings is 1. The van der Waals surface area contributed by atoms with E-state index in [0.29, 0.717) is 43.1 Å². The molecule has 0 saturated carbocycles. The minimum Gasteiger partial charge on any atom is -0.328 e. The average molecular weight is 445 g/mol. The van der Waals surface area contributed by atoms with Gasteiger partial charge in [-0.25, -0.2) is 9.97 Å². The molecule has 0 N–H and O–H groups in total. The third-order valence-corrected chi connectivity index (χ3v) is 6.58. The van der Waals surface area contributed by atoms with E-state index in [1.54, 1.807) is 29.0 Å². The van der Waals surface area contributed by atoms with Gasteiger partial charge in [-0.05, 0) is 38.7 Å². The highest BCUT2D eigenvalue weighted by Gasteiger charge is 2.35. The van der Waals surface area contributed by atoms with E-state index < -0.39 is 0 Å². The van der Waals surface area contributed by atoms with E-state index in [0.717, 1.165) is 29.7 Å². The summed E-state index contributed by atoms with van der Waals surface area (Å²) in [6.45, 7) is 5.16. The maximum Gasteiger partial charge on any atom is 0.257 e. The van der Waals surface area contributed by atoms with Crippen LogP contribution >= 0.6 is 0 Å². The number of hydrogen-bond donors (Lipinski definition) is 0. The maximum atomic E-state index is 13.2. The largest absolute Gasteiger partial charge is 0.328 e. The van der Waals surface area contributed by atoms with Gasteiger partial charge >= 0.3 is 0 Å². The minimum absolute atomic E-state index is 0.0582. The Morgan fingerprint density at radius 1 is 1.12 bits per heavy atom. The van der Waals surface area contributed by atoms with E-state index in [9.17, 15) is 9.59 Å². The Hall–Kier alpha value is -3.55. The molecule has 2 amide bonds. The van der Waals surface area contributed by atoms with Crippen molar-refractivity contribution in [2.45, 2.75) is 52.1 Å². The molecule has 0 bridgehead atoms. The van der Waals surface area contributed by atoms with Gasteiger partial charge in [0.25, 0.3) is 5.91 Å². The van der Waals surface area contributed by atoms with Gasteiger partial charge in [0.1, 0.15) is 5.82 Å². The molecule has 1 atom stereocenters. The van der Waals surface area contributed by atoms with E-state index in [-0.39, 0.29) is 17.9 Å². The predicted octanol–water partition coefficient (Wildman–Crippen LogP) is 3.28. The SMILES string of the molecule is Cc1ccc(CN2C(=O)CCc3c(C)nc([C@H]4CCCN4C(=O)c4cnn(C)c4)nc32)cc1.